The number of carbonyl (C=O) groups is 1. The molecule has 1 aromatic heterocycles. The van der Waals surface area contributed by atoms with Crippen molar-refractivity contribution in [3.8, 4) is 11.5 Å². The van der Waals surface area contributed by atoms with Gasteiger partial charge in [-0.2, -0.15) is 5.09 Å². The maximum absolute atomic E-state index is 16.5. The van der Waals surface area contributed by atoms with Gasteiger partial charge in [-0.25, -0.2) is 18.3 Å². The fourth-order valence-electron chi connectivity index (χ4n) is 5.34. The first-order valence-electron chi connectivity index (χ1n) is 14.9. The number of carbonyl (C=O) groups excluding carboxylic acids is 1. The lowest BCUT2D eigenvalue weighted by atomic mass is 9.97. The number of imidazole rings is 1. The summed E-state index contributed by atoms with van der Waals surface area (Å²) >= 11 is 0. The molecule has 248 valence electrons. The molecule has 0 amide bonds. The van der Waals surface area contributed by atoms with Crippen LogP contribution in [-0.2, 0) is 23.4 Å². The summed E-state index contributed by atoms with van der Waals surface area (Å²) in [7, 11) is -4.64. The number of aryl methyl sites for hydroxylation is 1. The van der Waals surface area contributed by atoms with E-state index in [1.807, 2.05) is 32.0 Å². The molecule has 1 fully saturated rings. The van der Waals surface area contributed by atoms with Crippen LogP contribution >= 0.6 is 7.75 Å². The van der Waals surface area contributed by atoms with Crippen LogP contribution in [0.2, 0.25) is 0 Å². The van der Waals surface area contributed by atoms with E-state index in [-0.39, 0.29) is 5.75 Å². The predicted molar refractivity (Wildman–Crippen MR) is 167 cm³/mol. The first-order chi connectivity index (χ1) is 21.7. The quantitative estimate of drug-likeness (QED) is 0.132. The van der Waals surface area contributed by atoms with Gasteiger partial charge in [0.1, 0.15) is 29.7 Å². The van der Waals surface area contributed by atoms with Gasteiger partial charge in [-0.05, 0) is 70.7 Å². The molecule has 6 atom stereocenters. The summed E-state index contributed by atoms with van der Waals surface area (Å²) in [5, 5.41) is 14.8. The maximum atomic E-state index is 16.5. The summed E-state index contributed by atoms with van der Waals surface area (Å²) in [6, 6.07) is 14.3. The summed E-state index contributed by atoms with van der Waals surface area (Å²) < 4.78 is 76.1. The molecule has 2 unspecified atom stereocenters. The Balaban J connectivity index is 1.45. The van der Waals surface area contributed by atoms with E-state index >= 15 is 8.78 Å². The van der Waals surface area contributed by atoms with Crippen LogP contribution in [0.3, 0.4) is 0 Å². The molecule has 0 bridgehead atoms. The molecular weight excluding hydrogens is 623 g/mol. The molecular formula is C32H38F2N3O8P. The Bertz CT molecular complexity index is 1780. The number of benzene rings is 3. The molecule has 4 aromatic rings. The molecule has 14 heteroatoms. The number of nitrogens with one attached hydrogen (secondary N) is 1. The topological polar surface area (TPSA) is 130 Å². The second kappa shape index (κ2) is 12.9. The Morgan fingerprint density at radius 1 is 1.15 bits per heavy atom. The number of aliphatic hydroxyl groups is 1. The summed E-state index contributed by atoms with van der Waals surface area (Å²) in [6.07, 6.45) is -3.30. The molecule has 0 spiro atoms. The summed E-state index contributed by atoms with van der Waals surface area (Å²) in [5.41, 5.74) is -1.15. The first kappa shape index (κ1) is 33.7. The van der Waals surface area contributed by atoms with Gasteiger partial charge in [0, 0.05) is 5.39 Å². The van der Waals surface area contributed by atoms with E-state index in [2.05, 4.69) is 10.1 Å². The minimum Gasteiger partial charge on any atom is -0.492 e. The number of hydrogen-bond donors (Lipinski definition) is 2. The number of aliphatic hydroxyl groups excluding tert-OH is 1. The third-order valence-corrected chi connectivity index (χ3v) is 9.14. The van der Waals surface area contributed by atoms with Gasteiger partial charge in [0.2, 0.25) is 0 Å². The van der Waals surface area contributed by atoms with Crippen molar-refractivity contribution >= 4 is 35.5 Å². The highest BCUT2D eigenvalue weighted by atomic mass is 31.2. The Hall–Kier alpha value is -3.61. The third kappa shape index (κ3) is 6.61. The maximum Gasteiger partial charge on any atom is 0.459 e. The highest BCUT2D eigenvalue weighted by Gasteiger charge is 2.65. The molecule has 0 radical (unpaired) electrons. The number of esters is 1. The number of rotatable bonds is 12. The van der Waals surface area contributed by atoms with E-state index < -0.39 is 56.3 Å². The fourth-order valence-corrected chi connectivity index (χ4v) is 6.87. The number of ether oxygens (including phenoxy) is 3. The summed E-state index contributed by atoms with van der Waals surface area (Å²) in [6.45, 7) is 8.39. The van der Waals surface area contributed by atoms with Gasteiger partial charge in [0.25, 0.3) is 5.85 Å². The molecule has 5 rings (SSSR count). The molecule has 3 aromatic carbocycles. The zero-order valence-corrected chi connectivity index (χ0v) is 27.3. The predicted octanol–water partition coefficient (Wildman–Crippen LogP) is 6.31. The Labute approximate surface area is 265 Å². The van der Waals surface area contributed by atoms with Gasteiger partial charge < -0.3 is 28.4 Å². The minimum atomic E-state index is -4.64. The van der Waals surface area contributed by atoms with E-state index in [0.29, 0.717) is 28.8 Å². The van der Waals surface area contributed by atoms with Gasteiger partial charge >= 0.3 is 13.7 Å². The van der Waals surface area contributed by atoms with Crippen LogP contribution in [0.25, 0.3) is 21.8 Å². The zero-order chi connectivity index (χ0) is 33.4. The van der Waals surface area contributed by atoms with E-state index in [1.165, 1.54) is 23.9 Å². The molecule has 2 heterocycles. The Kier molecular flexibility index (Phi) is 9.45. The number of fused-ring (bicyclic) bond motifs is 2. The lowest BCUT2D eigenvalue weighted by molar-refractivity contribution is -0.202. The largest absolute Gasteiger partial charge is 0.492 e. The zero-order valence-electron chi connectivity index (χ0n) is 26.4. The molecule has 1 aliphatic rings. The monoisotopic (exact) mass is 661 g/mol. The van der Waals surface area contributed by atoms with Crippen LogP contribution in [0.4, 0.5) is 8.78 Å². The second-order valence-electron chi connectivity index (χ2n) is 11.7. The van der Waals surface area contributed by atoms with E-state index in [4.69, 9.17) is 23.3 Å². The van der Waals surface area contributed by atoms with Crippen molar-refractivity contribution < 1.29 is 46.5 Å². The lowest BCUT2D eigenvalue weighted by Gasteiger charge is -2.28. The van der Waals surface area contributed by atoms with Gasteiger partial charge in [0.15, 0.2) is 18.0 Å². The molecule has 0 saturated carbocycles. The van der Waals surface area contributed by atoms with Gasteiger partial charge in [-0.3, -0.25) is 9.32 Å². The fraction of sp³-hybridized carbons (Fsp3) is 0.438. The number of hydrogen-bond acceptors (Lipinski definition) is 9. The van der Waals surface area contributed by atoms with Crippen molar-refractivity contribution in [2.45, 2.75) is 77.5 Å². The van der Waals surface area contributed by atoms with Crippen LogP contribution in [0.15, 0.2) is 60.9 Å². The van der Waals surface area contributed by atoms with Crippen LogP contribution in [0, 0.1) is 6.92 Å². The standard InChI is InChI=1S/C32H38F2N3O8P/c1-7-41-26-16-20(4)15-24-27(26)35-18-37(24)30-31(6,33)29(39)32(34,44-30)17-42-46(40,36-21(5)28(38)43-19(2)3)45-25-14-10-12-22-11-8-9-13-23(22)25/h8-16,18-19,21,29-30,39H,7,17H2,1-6H3,(H,36,40)/t21?,29-,30+,31+,32+,46?/m0/s1. The van der Waals surface area contributed by atoms with Crippen LogP contribution in [0.1, 0.15) is 46.4 Å². The normalized spacial score (nSPS) is 25.1. The summed E-state index contributed by atoms with van der Waals surface area (Å²) in [5.74, 6) is -3.42. The van der Waals surface area contributed by atoms with Crippen molar-refractivity contribution in [1.29, 1.82) is 0 Å². The van der Waals surface area contributed by atoms with Crippen LogP contribution in [-0.4, -0.2) is 63.6 Å². The highest BCUT2D eigenvalue weighted by Crippen LogP contribution is 2.53. The van der Waals surface area contributed by atoms with Crippen molar-refractivity contribution in [1.82, 2.24) is 14.6 Å². The van der Waals surface area contributed by atoms with Crippen molar-refractivity contribution in [2.24, 2.45) is 0 Å². The molecule has 1 aliphatic heterocycles. The van der Waals surface area contributed by atoms with E-state index in [9.17, 15) is 14.5 Å². The highest BCUT2D eigenvalue weighted by molar-refractivity contribution is 7.52. The first-order valence-corrected chi connectivity index (χ1v) is 16.5. The number of aromatic nitrogens is 2. The lowest BCUT2D eigenvalue weighted by Crippen LogP contribution is -2.47. The van der Waals surface area contributed by atoms with Crippen molar-refractivity contribution in [3.05, 3.63) is 66.5 Å². The second-order valence-corrected chi connectivity index (χ2v) is 13.4. The van der Waals surface area contributed by atoms with E-state index in [0.717, 1.165) is 17.9 Å². The number of alkyl halides is 2. The van der Waals surface area contributed by atoms with E-state index in [1.54, 1.807) is 44.2 Å². The molecule has 1 saturated heterocycles. The van der Waals surface area contributed by atoms with Crippen molar-refractivity contribution in [2.75, 3.05) is 13.2 Å². The average Bonchev–Trinajstić information content (AvgIpc) is 3.48. The SMILES string of the molecule is CCOc1cc(C)cc2c1ncn2[C@@H]1O[C@](F)(COP(=O)(NC(C)C(=O)OC(C)C)Oc2cccc3ccccc23)[C@@H](O)[C@@]1(C)F. The van der Waals surface area contributed by atoms with Gasteiger partial charge in [-0.1, -0.05) is 36.4 Å². The molecule has 46 heavy (non-hydrogen) atoms. The summed E-state index contributed by atoms with van der Waals surface area (Å²) in [4.78, 5) is 16.9. The average molecular weight is 662 g/mol. The van der Waals surface area contributed by atoms with Gasteiger partial charge in [-0.15, -0.1) is 0 Å². The molecule has 11 nitrogen and oxygen atoms in total. The van der Waals surface area contributed by atoms with Crippen LogP contribution in [0.5, 0.6) is 11.5 Å². The number of nitrogens with zero attached hydrogens (tertiary/aromatic N) is 2. The Morgan fingerprint density at radius 2 is 1.87 bits per heavy atom. The smallest absolute Gasteiger partial charge is 0.459 e. The van der Waals surface area contributed by atoms with Crippen molar-refractivity contribution in [3.63, 3.8) is 0 Å². The molecule has 2 N–H and O–H groups in total. The van der Waals surface area contributed by atoms with Crippen LogP contribution < -0.4 is 14.3 Å². The minimum absolute atomic E-state index is 0.109. The third-order valence-electron chi connectivity index (χ3n) is 7.53. The van der Waals surface area contributed by atoms with Gasteiger partial charge in [0.05, 0.1) is 24.6 Å². The Morgan fingerprint density at radius 3 is 2.59 bits per heavy atom. The molecule has 0 aliphatic carbocycles. The number of halogens is 2.